The van der Waals surface area contributed by atoms with E-state index in [4.69, 9.17) is 0 Å². The normalized spacial score (nSPS) is 11.7. The van der Waals surface area contributed by atoms with Crippen LogP contribution in [0.4, 0.5) is 17.1 Å². The van der Waals surface area contributed by atoms with Crippen molar-refractivity contribution < 1.29 is 4.79 Å². The summed E-state index contributed by atoms with van der Waals surface area (Å²) in [4.78, 5) is 18.5. The molecule has 0 spiro atoms. The Morgan fingerprint density at radius 3 is 2.48 bits per heavy atom. The van der Waals surface area contributed by atoms with Gasteiger partial charge in [-0.2, -0.15) is 0 Å². The number of anilines is 3. The molecule has 1 heterocycles. The number of amides is 1. The molecule has 0 saturated heterocycles. The van der Waals surface area contributed by atoms with Crippen LogP contribution < -0.4 is 15.5 Å². The van der Waals surface area contributed by atoms with Crippen molar-refractivity contribution in [3.63, 3.8) is 0 Å². The van der Waals surface area contributed by atoms with Crippen molar-refractivity contribution in [3.8, 4) is 0 Å². The van der Waals surface area contributed by atoms with Crippen LogP contribution >= 0.6 is 0 Å². The van der Waals surface area contributed by atoms with Gasteiger partial charge in [0.1, 0.15) is 0 Å². The second-order valence-corrected chi connectivity index (χ2v) is 5.81. The van der Waals surface area contributed by atoms with Gasteiger partial charge < -0.3 is 15.5 Å². The van der Waals surface area contributed by atoms with E-state index in [0.29, 0.717) is 11.6 Å². The molecule has 1 aromatic carbocycles. The summed E-state index contributed by atoms with van der Waals surface area (Å²) in [6.45, 7) is 4.21. The van der Waals surface area contributed by atoms with Gasteiger partial charge in [-0.15, -0.1) is 0 Å². The van der Waals surface area contributed by atoms with Crippen molar-refractivity contribution in [1.29, 1.82) is 0 Å². The summed E-state index contributed by atoms with van der Waals surface area (Å²) in [5.74, 6) is -0.164. The van der Waals surface area contributed by atoms with E-state index in [-0.39, 0.29) is 5.91 Å². The SMILES string of the molecule is CCC(C)Nc1cncc(C(=O)Nc2ccc(N(C)C)cc2)c1. The van der Waals surface area contributed by atoms with Gasteiger partial charge >= 0.3 is 0 Å². The van der Waals surface area contributed by atoms with E-state index in [9.17, 15) is 4.79 Å². The lowest BCUT2D eigenvalue weighted by atomic mass is 10.2. The second kappa shape index (κ2) is 7.63. The molecule has 0 aliphatic rings. The molecule has 1 aromatic heterocycles. The average Bonchev–Trinajstić information content (AvgIpc) is 2.55. The lowest BCUT2D eigenvalue weighted by Gasteiger charge is -2.14. The molecule has 0 saturated carbocycles. The zero-order valence-electron chi connectivity index (χ0n) is 14.1. The fourth-order valence-electron chi connectivity index (χ4n) is 2.08. The third-order valence-corrected chi connectivity index (χ3v) is 3.67. The summed E-state index contributed by atoms with van der Waals surface area (Å²) in [6.07, 6.45) is 4.31. The van der Waals surface area contributed by atoms with Gasteiger partial charge in [-0.3, -0.25) is 9.78 Å². The third kappa shape index (κ3) is 4.71. The average molecular weight is 312 g/mol. The van der Waals surface area contributed by atoms with Crippen molar-refractivity contribution in [3.05, 3.63) is 48.3 Å². The zero-order chi connectivity index (χ0) is 16.8. The Morgan fingerprint density at radius 2 is 1.87 bits per heavy atom. The molecule has 0 aliphatic carbocycles. The summed E-state index contributed by atoms with van der Waals surface area (Å²) in [5.41, 5.74) is 3.25. The molecular formula is C18H24N4O. The van der Waals surface area contributed by atoms with Gasteiger partial charge in [0.25, 0.3) is 5.91 Å². The van der Waals surface area contributed by atoms with E-state index >= 15 is 0 Å². The number of rotatable bonds is 6. The van der Waals surface area contributed by atoms with Crippen molar-refractivity contribution in [2.75, 3.05) is 29.6 Å². The van der Waals surface area contributed by atoms with Gasteiger partial charge in [-0.05, 0) is 43.7 Å². The van der Waals surface area contributed by atoms with Crippen LogP contribution in [0.5, 0.6) is 0 Å². The molecule has 1 unspecified atom stereocenters. The number of nitrogens with one attached hydrogen (secondary N) is 2. The molecular weight excluding hydrogens is 288 g/mol. The molecule has 1 atom stereocenters. The predicted octanol–water partition coefficient (Wildman–Crippen LogP) is 3.61. The topological polar surface area (TPSA) is 57.3 Å². The van der Waals surface area contributed by atoms with Crippen LogP contribution in [-0.4, -0.2) is 31.0 Å². The number of pyridine rings is 1. The second-order valence-electron chi connectivity index (χ2n) is 5.81. The van der Waals surface area contributed by atoms with E-state index in [1.165, 1.54) is 0 Å². The highest BCUT2D eigenvalue weighted by molar-refractivity contribution is 6.04. The van der Waals surface area contributed by atoms with Gasteiger partial charge in [-0.1, -0.05) is 6.92 Å². The van der Waals surface area contributed by atoms with Crippen LogP contribution in [0.2, 0.25) is 0 Å². The molecule has 2 N–H and O–H groups in total. The maximum absolute atomic E-state index is 12.4. The minimum atomic E-state index is -0.164. The fourth-order valence-corrected chi connectivity index (χ4v) is 2.08. The van der Waals surface area contributed by atoms with Crippen LogP contribution in [0.3, 0.4) is 0 Å². The van der Waals surface area contributed by atoms with Crippen LogP contribution in [0, 0.1) is 0 Å². The van der Waals surface area contributed by atoms with Gasteiger partial charge in [0.2, 0.25) is 0 Å². The molecule has 2 aromatic rings. The first-order valence-corrected chi connectivity index (χ1v) is 7.80. The maximum Gasteiger partial charge on any atom is 0.257 e. The summed E-state index contributed by atoms with van der Waals surface area (Å²) >= 11 is 0. The number of carbonyl (C=O) groups is 1. The number of nitrogens with zero attached hydrogens (tertiary/aromatic N) is 2. The molecule has 0 bridgehead atoms. The minimum absolute atomic E-state index is 0.164. The smallest absolute Gasteiger partial charge is 0.257 e. The molecule has 0 radical (unpaired) electrons. The Labute approximate surface area is 137 Å². The first-order valence-electron chi connectivity index (χ1n) is 7.80. The molecule has 23 heavy (non-hydrogen) atoms. The molecule has 2 rings (SSSR count). The summed E-state index contributed by atoms with van der Waals surface area (Å²) < 4.78 is 0. The number of aromatic nitrogens is 1. The Bertz CT molecular complexity index is 652. The highest BCUT2D eigenvalue weighted by Gasteiger charge is 2.09. The van der Waals surface area contributed by atoms with Crippen molar-refractivity contribution >= 4 is 23.0 Å². The molecule has 1 amide bonds. The van der Waals surface area contributed by atoms with Crippen LogP contribution in [0.25, 0.3) is 0 Å². The molecule has 0 fully saturated rings. The van der Waals surface area contributed by atoms with Gasteiger partial charge in [0.15, 0.2) is 0 Å². The van der Waals surface area contributed by atoms with E-state index in [1.54, 1.807) is 12.4 Å². The molecule has 0 aliphatic heterocycles. The van der Waals surface area contributed by atoms with E-state index < -0.39 is 0 Å². The first kappa shape index (κ1) is 16.8. The third-order valence-electron chi connectivity index (χ3n) is 3.67. The van der Waals surface area contributed by atoms with E-state index in [2.05, 4.69) is 29.5 Å². The summed E-state index contributed by atoms with van der Waals surface area (Å²) in [7, 11) is 3.96. The van der Waals surface area contributed by atoms with E-state index in [1.807, 2.05) is 49.3 Å². The Morgan fingerprint density at radius 1 is 1.17 bits per heavy atom. The van der Waals surface area contributed by atoms with Gasteiger partial charge in [-0.25, -0.2) is 0 Å². The lowest BCUT2D eigenvalue weighted by molar-refractivity contribution is 0.102. The quantitative estimate of drug-likeness (QED) is 0.855. The van der Waals surface area contributed by atoms with E-state index in [0.717, 1.165) is 23.5 Å². The van der Waals surface area contributed by atoms with Crippen molar-refractivity contribution in [2.24, 2.45) is 0 Å². The molecule has 5 nitrogen and oxygen atoms in total. The lowest BCUT2D eigenvalue weighted by Crippen LogP contribution is -2.16. The number of hydrogen-bond donors (Lipinski definition) is 2. The Hall–Kier alpha value is -2.56. The Balaban J connectivity index is 2.06. The summed E-state index contributed by atoms with van der Waals surface area (Å²) in [6, 6.07) is 9.88. The highest BCUT2D eigenvalue weighted by Crippen LogP contribution is 2.17. The first-order chi connectivity index (χ1) is 11.0. The standard InChI is InChI=1S/C18H24N4O/c1-5-13(2)20-16-10-14(11-19-12-16)18(23)21-15-6-8-17(9-7-15)22(3)4/h6-13,20H,5H2,1-4H3,(H,21,23). The van der Waals surface area contributed by atoms with Crippen LogP contribution in [0.1, 0.15) is 30.6 Å². The predicted molar refractivity (Wildman–Crippen MR) is 96.3 cm³/mol. The largest absolute Gasteiger partial charge is 0.381 e. The number of benzene rings is 1. The van der Waals surface area contributed by atoms with Gasteiger partial charge in [0.05, 0.1) is 11.3 Å². The number of hydrogen-bond acceptors (Lipinski definition) is 4. The van der Waals surface area contributed by atoms with Crippen LogP contribution in [-0.2, 0) is 0 Å². The maximum atomic E-state index is 12.4. The van der Waals surface area contributed by atoms with Crippen molar-refractivity contribution in [2.45, 2.75) is 26.3 Å². The van der Waals surface area contributed by atoms with Crippen LogP contribution in [0.15, 0.2) is 42.7 Å². The van der Waals surface area contributed by atoms with Gasteiger partial charge in [0, 0.05) is 43.9 Å². The molecule has 5 heteroatoms. The molecule has 122 valence electrons. The number of carbonyl (C=O) groups excluding carboxylic acids is 1. The van der Waals surface area contributed by atoms with Crippen molar-refractivity contribution in [1.82, 2.24) is 4.98 Å². The fraction of sp³-hybridized carbons (Fsp3) is 0.333. The summed E-state index contributed by atoms with van der Waals surface area (Å²) in [5, 5.41) is 6.22. The zero-order valence-corrected chi connectivity index (χ0v) is 14.1. The Kier molecular flexibility index (Phi) is 5.57. The minimum Gasteiger partial charge on any atom is -0.381 e. The monoisotopic (exact) mass is 312 g/mol. The highest BCUT2D eigenvalue weighted by atomic mass is 16.1.